The van der Waals surface area contributed by atoms with Gasteiger partial charge in [0.15, 0.2) is 5.13 Å². The number of carbonyl (C=O) groups is 2. The second-order valence-corrected chi connectivity index (χ2v) is 8.34. The summed E-state index contributed by atoms with van der Waals surface area (Å²) in [6.07, 6.45) is 1.61. The Kier molecular flexibility index (Phi) is 4.46. The van der Waals surface area contributed by atoms with Crippen molar-refractivity contribution in [3.05, 3.63) is 64.7 Å². The summed E-state index contributed by atoms with van der Waals surface area (Å²) in [6, 6.07) is 11.5. The molecule has 4 N–H and O–H groups in total. The molecule has 9 heteroatoms. The van der Waals surface area contributed by atoms with Crippen molar-refractivity contribution < 1.29 is 13.8 Å². The van der Waals surface area contributed by atoms with Gasteiger partial charge in [-0.05, 0) is 30.3 Å². The zero-order valence-electron chi connectivity index (χ0n) is 13.9. The molecule has 0 saturated carbocycles. The number of aromatic nitrogens is 1. The third-order valence-electron chi connectivity index (χ3n) is 4.02. The van der Waals surface area contributed by atoms with Gasteiger partial charge < -0.3 is 16.4 Å². The highest BCUT2D eigenvalue weighted by Gasteiger charge is 2.25. The Hall–Kier alpha value is -3.04. The van der Waals surface area contributed by atoms with Crippen molar-refractivity contribution in [1.82, 2.24) is 10.3 Å². The summed E-state index contributed by atoms with van der Waals surface area (Å²) in [5.74, 6) is -0.665. The summed E-state index contributed by atoms with van der Waals surface area (Å²) in [5, 5.41) is 5.96. The Labute approximate surface area is 161 Å². The molecule has 1 aliphatic heterocycles. The molecule has 0 fully saturated rings. The molecule has 0 bridgehead atoms. The van der Waals surface area contributed by atoms with E-state index in [0.29, 0.717) is 38.3 Å². The van der Waals surface area contributed by atoms with Crippen molar-refractivity contribution in [2.75, 3.05) is 11.1 Å². The molecule has 1 atom stereocenters. The predicted octanol–water partition coefficient (Wildman–Crippen LogP) is 2.39. The average Bonchev–Trinajstić information content (AvgIpc) is 3.06. The first-order chi connectivity index (χ1) is 13.0. The van der Waals surface area contributed by atoms with Crippen LogP contribution in [0.5, 0.6) is 0 Å². The monoisotopic (exact) mass is 398 g/mol. The van der Waals surface area contributed by atoms with E-state index in [-0.39, 0.29) is 11.8 Å². The predicted molar refractivity (Wildman–Crippen MR) is 103 cm³/mol. The van der Waals surface area contributed by atoms with Gasteiger partial charge in [-0.25, -0.2) is 9.19 Å². The summed E-state index contributed by atoms with van der Waals surface area (Å²) >= 11 is 1.30. The third kappa shape index (κ3) is 3.34. The van der Waals surface area contributed by atoms with E-state index < -0.39 is 10.8 Å². The second-order valence-electron chi connectivity index (χ2n) is 5.78. The Morgan fingerprint density at radius 2 is 2.04 bits per heavy atom. The zero-order chi connectivity index (χ0) is 19.0. The van der Waals surface area contributed by atoms with Gasteiger partial charge in [0.2, 0.25) is 0 Å². The first kappa shape index (κ1) is 17.4. The molecule has 0 saturated heterocycles. The molecule has 1 unspecified atom stereocenters. The number of hydrogen-bond donors (Lipinski definition) is 3. The van der Waals surface area contributed by atoms with E-state index in [1.165, 1.54) is 17.4 Å². The number of nitrogen functional groups attached to an aromatic ring is 1. The van der Waals surface area contributed by atoms with E-state index in [0.717, 1.165) is 4.88 Å². The lowest BCUT2D eigenvalue weighted by atomic mass is 10.1. The number of fused-ring (bicyclic) bond motifs is 2. The third-order valence-corrected chi connectivity index (χ3v) is 6.35. The molecule has 2 amide bonds. The molecule has 0 aliphatic carbocycles. The highest BCUT2D eigenvalue weighted by Crippen LogP contribution is 2.31. The van der Waals surface area contributed by atoms with E-state index >= 15 is 0 Å². The quantitative estimate of drug-likeness (QED) is 0.627. The van der Waals surface area contributed by atoms with Crippen molar-refractivity contribution in [3.8, 4) is 0 Å². The SMILES string of the molecule is Nc1ncc(CNC(=O)c2ccc3c(c2)NC(=O)c2ccccc2S3=O)s1. The van der Waals surface area contributed by atoms with Crippen LogP contribution in [0.4, 0.5) is 10.8 Å². The van der Waals surface area contributed by atoms with Gasteiger partial charge in [0, 0.05) is 16.6 Å². The highest BCUT2D eigenvalue weighted by molar-refractivity contribution is 7.85. The number of nitrogens with two attached hydrogens (primary N) is 1. The van der Waals surface area contributed by atoms with Crippen LogP contribution in [-0.4, -0.2) is 21.0 Å². The summed E-state index contributed by atoms with van der Waals surface area (Å²) in [6.45, 7) is 0.300. The highest BCUT2D eigenvalue weighted by atomic mass is 32.2. The van der Waals surface area contributed by atoms with Crippen molar-refractivity contribution in [2.24, 2.45) is 0 Å². The van der Waals surface area contributed by atoms with E-state index in [1.54, 1.807) is 42.6 Å². The van der Waals surface area contributed by atoms with Gasteiger partial charge in [-0.1, -0.05) is 12.1 Å². The smallest absolute Gasteiger partial charge is 0.256 e. The normalized spacial score (nSPS) is 15.3. The van der Waals surface area contributed by atoms with E-state index in [1.807, 2.05) is 0 Å². The van der Waals surface area contributed by atoms with E-state index in [9.17, 15) is 13.8 Å². The molecular formula is C18H14N4O3S2. The molecular weight excluding hydrogens is 384 g/mol. The van der Waals surface area contributed by atoms with Crippen molar-refractivity contribution in [3.63, 3.8) is 0 Å². The zero-order valence-corrected chi connectivity index (χ0v) is 15.5. The Bertz CT molecular complexity index is 1090. The van der Waals surface area contributed by atoms with Gasteiger partial charge in [-0.3, -0.25) is 9.59 Å². The number of hydrogen-bond acceptors (Lipinski definition) is 6. The number of amides is 2. The van der Waals surface area contributed by atoms with Gasteiger partial charge >= 0.3 is 0 Å². The number of benzene rings is 2. The minimum atomic E-state index is -1.52. The van der Waals surface area contributed by atoms with Crippen LogP contribution in [-0.2, 0) is 17.3 Å². The molecule has 3 aromatic rings. The molecule has 1 aromatic heterocycles. The fourth-order valence-electron chi connectivity index (χ4n) is 2.73. The largest absolute Gasteiger partial charge is 0.375 e. The van der Waals surface area contributed by atoms with Gasteiger partial charge in [-0.15, -0.1) is 11.3 Å². The summed E-state index contributed by atoms with van der Waals surface area (Å²) in [7, 11) is -1.52. The molecule has 1 aliphatic rings. The fraction of sp³-hybridized carbons (Fsp3) is 0.0556. The van der Waals surface area contributed by atoms with Crippen LogP contribution in [0.2, 0.25) is 0 Å². The molecule has 27 heavy (non-hydrogen) atoms. The lowest BCUT2D eigenvalue weighted by Gasteiger charge is -2.09. The maximum atomic E-state index is 12.9. The number of carbonyl (C=O) groups excluding carboxylic acids is 2. The van der Waals surface area contributed by atoms with Crippen LogP contribution in [0.1, 0.15) is 25.6 Å². The van der Waals surface area contributed by atoms with Crippen LogP contribution >= 0.6 is 11.3 Å². The average molecular weight is 398 g/mol. The van der Waals surface area contributed by atoms with Crippen molar-refractivity contribution >= 4 is 44.8 Å². The molecule has 0 spiro atoms. The lowest BCUT2D eigenvalue weighted by Crippen LogP contribution is -2.22. The Balaban J connectivity index is 1.60. The van der Waals surface area contributed by atoms with E-state index in [4.69, 9.17) is 5.73 Å². The van der Waals surface area contributed by atoms with Crippen molar-refractivity contribution in [1.29, 1.82) is 0 Å². The van der Waals surface area contributed by atoms with E-state index in [2.05, 4.69) is 15.6 Å². The minimum Gasteiger partial charge on any atom is -0.375 e. The molecule has 4 rings (SSSR count). The fourth-order valence-corrected chi connectivity index (χ4v) is 4.65. The lowest BCUT2D eigenvalue weighted by molar-refractivity contribution is 0.0949. The van der Waals surface area contributed by atoms with Gasteiger partial charge in [-0.2, -0.15) is 0 Å². The van der Waals surface area contributed by atoms with Crippen molar-refractivity contribution in [2.45, 2.75) is 16.3 Å². The topological polar surface area (TPSA) is 114 Å². The number of nitrogens with one attached hydrogen (secondary N) is 2. The Morgan fingerprint density at radius 1 is 1.22 bits per heavy atom. The van der Waals surface area contributed by atoms with Gasteiger partial charge in [0.05, 0.1) is 38.4 Å². The maximum Gasteiger partial charge on any atom is 0.256 e. The molecule has 2 heterocycles. The number of rotatable bonds is 3. The molecule has 0 radical (unpaired) electrons. The van der Waals surface area contributed by atoms with Gasteiger partial charge in [0.25, 0.3) is 11.8 Å². The number of thiazole rings is 1. The van der Waals surface area contributed by atoms with Crippen LogP contribution in [0, 0.1) is 0 Å². The summed E-state index contributed by atoms with van der Waals surface area (Å²) < 4.78 is 12.9. The standard InChI is InChI=1S/C18H14N4O3S2/c19-18-21-9-11(26-18)8-20-16(23)10-5-6-15-13(7-10)22-17(24)12-3-1-2-4-14(12)27(15)25/h1-7,9H,8H2,(H2,19,21)(H,20,23)(H,22,24). The van der Waals surface area contributed by atoms with Crippen LogP contribution in [0.15, 0.2) is 58.5 Å². The van der Waals surface area contributed by atoms with Crippen LogP contribution in [0.3, 0.4) is 0 Å². The maximum absolute atomic E-state index is 12.9. The van der Waals surface area contributed by atoms with Crippen LogP contribution in [0.25, 0.3) is 0 Å². The molecule has 7 nitrogen and oxygen atoms in total. The second kappa shape index (κ2) is 6.93. The minimum absolute atomic E-state index is 0.300. The summed E-state index contributed by atoms with van der Waals surface area (Å²) in [5.41, 5.74) is 6.66. The molecule has 136 valence electrons. The van der Waals surface area contributed by atoms with Crippen LogP contribution < -0.4 is 16.4 Å². The summed E-state index contributed by atoms with van der Waals surface area (Å²) in [4.78, 5) is 30.6. The van der Waals surface area contributed by atoms with Gasteiger partial charge in [0.1, 0.15) is 0 Å². The molecule has 2 aromatic carbocycles. The Morgan fingerprint density at radius 3 is 2.81 bits per heavy atom. The number of nitrogens with zero attached hydrogens (tertiary/aromatic N) is 1. The first-order valence-electron chi connectivity index (χ1n) is 7.97. The number of anilines is 2. The first-order valence-corrected chi connectivity index (χ1v) is 9.94.